The number of hydrogen-bond donors (Lipinski definition) is 0. The van der Waals surface area contributed by atoms with Gasteiger partial charge in [-0.15, -0.1) is 0 Å². The van der Waals surface area contributed by atoms with Crippen LogP contribution in [0, 0.1) is 6.85 Å². The van der Waals surface area contributed by atoms with E-state index in [0.29, 0.717) is 22.4 Å². The topological polar surface area (TPSA) is 26.0 Å². The molecule has 6 rings (SSSR count). The van der Waals surface area contributed by atoms with Crippen LogP contribution in [0.1, 0.15) is 67.9 Å². The number of aryl methyl sites for hydroxylation is 1. The first-order valence-corrected chi connectivity index (χ1v) is 10.7. The lowest BCUT2D eigenvalue weighted by Crippen LogP contribution is -2.13. The number of furan rings is 1. The van der Waals surface area contributed by atoms with Gasteiger partial charge in [0.2, 0.25) is 0 Å². The molecule has 2 aromatic heterocycles. The molecule has 0 unspecified atom stereocenters. The highest BCUT2D eigenvalue weighted by molar-refractivity contribution is 6.09. The SMILES string of the molecule is [2H]c1c([2H])c([2H])c(C2([2H])CCC([2H])(c3cc(-c4cccc5c4oc4ccccc45)ncc3C([2H])([2H])[2H])CC2)c([2H])c1[2H]. The third kappa shape index (κ3) is 3.31. The van der Waals surface area contributed by atoms with Crippen molar-refractivity contribution < 1.29 is 18.1 Å². The molecule has 0 spiro atoms. The van der Waals surface area contributed by atoms with E-state index in [1.807, 2.05) is 42.5 Å². The largest absolute Gasteiger partial charge is 0.455 e. The van der Waals surface area contributed by atoms with Gasteiger partial charge in [0.25, 0.3) is 0 Å². The molecule has 1 fully saturated rings. The van der Waals surface area contributed by atoms with Gasteiger partial charge in [0, 0.05) is 29.4 Å². The smallest absolute Gasteiger partial charge is 0.144 e. The number of hydrogen-bond acceptors (Lipinski definition) is 2. The van der Waals surface area contributed by atoms with Crippen molar-refractivity contribution in [1.82, 2.24) is 4.98 Å². The fourth-order valence-electron chi connectivity index (χ4n) is 4.64. The van der Waals surface area contributed by atoms with E-state index in [4.69, 9.17) is 16.8 Å². The van der Waals surface area contributed by atoms with Gasteiger partial charge < -0.3 is 4.42 Å². The maximum Gasteiger partial charge on any atom is 0.144 e. The molecule has 0 saturated heterocycles. The number of fused-ring (bicyclic) bond motifs is 3. The molecule has 0 N–H and O–H groups in total. The molecule has 3 aromatic carbocycles. The molecule has 0 amide bonds. The zero-order valence-electron chi connectivity index (χ0n) is 27.4. The van der Waals surface area contributed by atoms with Crippen LogP contribution in [0.15, 0.2) is 89.4 Å². The molecule has 2 nitrogen and oxygen atoms in total. The number of pyridine rings is 1. The fraction of sp³-hybridized carbons (Fsp3) is 0.233. The Balaban J connectivity index is 1.44. The van der Waals surface area contributed by atoms with Crippen LogP contribution >= 0.6 is 0 Å². The second-order valence-electron chi connectivity index (χ2n) is 8.10. The molecule has 5 aromatic rings. The van der Waals surface area contributed by atoms with E-state index < -0.39 is 48.9 Å². The minimum Gasteiger partial charge on any atom is -0.455 e. The highest BCUT2D eigenvalue weighted by atomic mass is 16.3. The van der Waals surface area contributed by atoms with E-state index in [1.165, 1.54) is 6.20 Å². The number of rotatable bonds is 3. The van der Waals surface area contributed by atoms with Crippen molar-refractivity contribution in [3.8, 4) is 11.3 Å². The van der Waals surface area contributed by atoms with Crippen LogP contribution in [0.4, 0.5) is 0 Å². The third-order valence-electron chi connectivity index (χ3n) is 6.28. The second-order valence-corrected chi connectivity index (χ2v) is 8.10. The Hall–Kier alpha value is -3.39. The van der Waals surface area contributed by atoms with E-state index in [2.05, 4.69) is 4.98 Å². The van der Waals surface area contributed by atoms with Gasteiger partial charge in [0.1, 0.15) is 11.2 Å². The standard InChI is InChI=1S/C30H27NO/c1-20-19-31-28(26-12-7-11-25-24-10-5-6-13-29(24)32-30(25)26)18-27(20)23-16-14-22(15-17-23)21-8-3-2-4-9-21/h2-13,18-19,22-23H,14-17H2,1H3/i1D3,2D,3D,4D,8D,9D,22D,23D. The summed E-state index contributed by atoms with van der Waals surface area (Å²) in [6, 6.07) is 12.6. The van der Waals surface area contributed by atoms with Gasteiger partial charge in [-0.05, 0) is 79.2 Å². The van der Waals surface area contributed by atoms with Gasteiger partial charge in [-0.3, -0.25) is 4.98 Å². The monoisotopic (exact) mass is 427 g/mol. The lowest BCUT2D eigenvalue weighted by molar-refractivity contribution is 0.395. The van der Waals surface area contributed by atoms with Crippen LogP contribution < -0.4 is 0 Å². The van der Waals surface area contributed by atoms with Crippen LogP contribution in [0.5, 0.6) is 0 Å². The summed E-state index contributed by atoms with van der Waals surface area (Å²) in [5, 5.41) is 1.83. The molecule has 1 aliphatic rings. The molecule has 32 heavy (non-hydrogen) atoms. The molecule has 0 radical (unpaired) electrons. The van der Waals surface area contributed by atoms with Gasteiger partial charge in [0.15, 0.2) is 0 Å². The van der Waals surface area contributed by atoms with Gasteiger partial charge >= 0.3 is 0 Å². The second kappa shape index (κ2) is 7.94. The molecular formula is C30H27NO. The minimum absolute atomic E-state index is 0.0156. The van der Waals surface area contributed by atoms with Crippen molar-refractivity contribution in [3.05, 3.63) is 102 Å². The van der Waals surface area contributed by atoms with E-state index in [1.54, 1.807) is 6.07 Å². The molecule has 1 aliphatic carbocycles. The Kier molecular flexibility index (Phi) is 2.85. The predicted octanol–water partition coefficient (Wildman–Crippen LogP) is 8.40. The van der Waals surface area contributed by atoms with Crippen molar-refractivity contribution in [2.75, 3.05) is 0 Å². The first-order chi connectivity index (χ1) is 19.7. The number of benzene rings is 3. The lowest BCUT2D eigenvalue weighted by atomic mass is 9.75. The zero-order chi connectivity index (χ0) is 30.2. The Morgan fingerprint density at radius 1 is 0.938 bits per heavy atom. The maximum absolute atomic E-state index is 9.48. The number of aromatic nitrogens is 1. The third-order valence-corrected chi connectivity index (χ3v) is 6.28. The average molecular weight is 428 g/mol. The first-order valence-electron chi connectivity index (χ1n) is 15.7. The van der Waals surface area contributed by atoms with Crippen LogP contribution in [0.3, 0.4) is 0 Å². The van der Waals surface area contributed by atoms with Crippen molar-refractivity contribution in [3.63, 3.8) is 0 Å². The van der Waals surface area contributed by atoms with Crippen LogP contribution in [0.25, 0.3) is 33.2 Å². The molecule has 0 aliphatic heterocycles. The maximum atomic E-state index is 9.48. The fourth-order valence-corrected chi connectivity index (χ4v) is 4.64. The van der Waals surface area contributed by atoms with Crippen molar-refractivity contribution in [2.24, 2.45) is 0 Å². The Morgan fingerprint density at radius 2 is 1.72 bits per heavy atom. The summed E-state index contributed by atoms with van der Waals surface area (Å²) in [5.74, 6) is -2.92. The molecule has 2 heteroatoms. The summed E-state index contributed by atoms with van der Waals surface area (Å²) in [4.78, 5) is 4.50. The molecule has 0 atom stereocenters. The molecule has 1 saturated carbocycles. The molecule has 158 valence electrons. The highest BCUT2D eigenvalue weighted by Crippen LogP contribution is 2.42. The summed E-state index contributed by atoms with van der Waals surface area (Å²) in [6.07, 6.45) is 1.44. The van der Waals surface area contributed by atoms with E-state index in [-0.39, 0.29) is 42.4 Å². The highest BCUT2D eigenvalue weighted by Gasteiger charge is 2.25. The summed E-state index contributed by atoms with van der Waals surface area (Å²) in [6.45, 7) is -2.54. The summed E-state index contributed by atoms with van der Waals surface area (Å²) >= 11 is 0. The Labute approximate surface area is 203 Å². The number of para-hydroxylation sites is 2. The summed E-state index contributed by atoms with van der Waals surface area (Å²) < 4.78 is 90.1. The van der Waals surface area contributed by atoms with Gasteiger partial charge in [0.05, 0.1) is 12.5 Å². The molecule has 0 bridgehead atoms. The number of nitrogens with zero attached hydrogens (tertiary/aromatic N) is 1. The van der Waals surface area contributed by atoms with Crippen molar-refractivity contribution in [2.45, 2.75) is 44.3 Å². The van der Waals surface area contributed by atoms with Crippen molar-refractivity contribution >= 4 is 21.9 Å². The molecule has 2 heterocycles. The predicted molar refractivity (Wildman–Crippen MR) is 132 cm³/mol. The summed E-state index contributed by atoms with van der Waals surface area (Å²) in [5.41, 5.74) is 2.59. The lowest BCUT2D eigenvalue weighted by Gasteiger charge is -2.30. The Bertz CT molecular complexity index is 1840. The van der Waals surface area contributed by atoms with E-state index in [0.717, 1.165) is 10.8 Å². The quantitative estimate of drug-likeness (QED) is 0.289. The van der Waals surface area contributed by atoms with Gasteiger partial charge in [-0.25, -0.2) is 0 Å². The van der Waals surface area contributed by atoms with E-state index >= 15 is 0 Å². The van der Waals surface area contributed by atoms with Crippen LogP contribution in [-0.4, -0.2) is 4.98 Å². The van der Waals surface area contributed by atoms with Crippen molar-refractivity contribution in [1.29, 1.82) is 0 Å². The van der Waals surface area contributed by atoms with Gasteiger partial charge in [-0.2, -0.15) is 0 Å². The van der Waals surface area contributed by atoms with Gasteiger partial charge in [-0.1, -0.05) is 60.5 Å². The summed E-state index contributed by atoms with van der Waals surface area (Å²) in [7, 11) is 0. The molecular weight excluding hydrogens is 390 g/mol. The van der Waals surface area contributed by atoms with E-state index in [9.17, 15) is 1.37 Å². The normalized spacial score (nSPS) is 28.4. The Morgan fingerprint density at radius 3 is 2.56 bits per heavy atom. The first kappa shape index (κ1) is 11.5. The van der Waals surface area contributed by atoms with Crippen LogP contribution in [0.2, 0.25) is 0 Å². The zero-order valence-corrected chi connectivity index (χ0v) is 17.4. The minimum atomic E-state index is -2.54. The average Bonchev–Trinajstić information content (AvgIpc) is 3.35. The van der Waals surface area contributed by atoms with Crippen LogP contribution in [-0.2, 0) is 0 Å².